The molecule has 0 radical (unpaired) electrons. The summed E-state index contributed by atoms with van der Waals surface area (Å²) in [5.41, 5.74) is 1.32. The summed E-state index contributed by atoms with van der Waals surface area (Å²) >= 11 is 5.13. The van der Waals surface area contributed by atoms with E-state index in [1.165, 1.54) is 24.3 Å². The van der Waals surface area contributed by atoms with E-state index in [0.717, 1.165) is 9.13 Å². The number of aliphatic hydroxyl groups is 1. The Hall–Kier alpha value is -0.810. The van der Waals surface area contributed by atoms with Gasteiger partial charge in [0.15, 0.2) is 11.6 Å². The van der Waals surface area contributed by atoms with E-state index in [2.05, 4.69) is 38.5 Å². The Balaban J connectivity index is 2.47. The zero-order valence-corrected chi connectivity index (χ0v) is 17.3. The molecule has 0 saturated heterocycles. The minimum Gasteiger partial charge on any atom is -0.394 e. The fourth-order valence-corrected chi connectivity index (χ4v) is 3.09. The molecule has 2 aromatic carbocycles. The van der Waals surface area contributed by atoms with Gasteiger partial charge in [0.1, 0.15) is 18.4 Å². The van der Waals surface area contributed by atoms with Crippen LogP contribution in [0.5, 0.6) is 0 Å². The van der Waals surface area contributed by atoms with Gasteiger partial charge in [-0.25, -0.2) is 13.8 Å². The van der Waals surface area contributed by atoms with Crippen LogP contribution < -0.4 is 5.06 Å². The number of halogens is 4. The largest absolute Gasteiger partial charge is 0.394 e. The average Bonchev–Trinajstić information content (AvgIpc) is 2.59. The molecule has 25 heavy (non-hydrogen) atoms. The van der Waals surface area contributed by atoms with Crippen LogP contribution in [0.2, 0.25) is 0 Å². The molecule has 0 amide bonds. The van der Waals surface area contributed by atoms with Crippen LogP contribution in [0.15, 0.2) is 34.8 Å². The number of hydrogen-bond acceptors (Lipinski definition) is 4. The van der Waals surface area contributed by atoms with Crippen molar-refractivity contribution in [2.45, 2.75) is 13.0 Å². The van der Waals surface area contributed by atoms with Crippen LogP contribution in [0.4, 0.5) is 20.2 Å². The Morgan fingerprint density at radius 3 is 2.48 bits per heavy atom. The molecule has 0 heterocycles. The molecule has 0 aliphatic rings. The second kappa shape index (κ2) is 9.22. The number of hydrogen-bond donors (Lipinski definition) is 1. The van der Waals surface area contributed by atoms with Gasteiger partial charge in [-0.05, 0) is 81.3 Å². The Labute approximate surface area is 167 Å². The fourth-order valence-electron chi connectivity index (χ4n) is 2.14. The Kier molecular flexibility index (Phi) is 7.56. The monoisotopic (exact) mass is 527 g/mol. The Morgan fingerprint density at radius 2 is 1.88 bits per heavy atom. The van der Waals surface area contributed by atoms with Gasteiger partial charge in [0.2, 0.25) is 0 Å². The number of aryl methyl sites for hydroxylation is 1. The van der Waals surface area contributed by atoms with Crippen LogP contribution in [-0.2, 0) is 9.57 Å². The summed E-state index contributed by atoms with van der Waals surface area (Å²) in [7, 11) is 1.44. The normalized spacial score (nSPS) is 12.3. The first-order valence-electron chi connectivity index (χ1n) is 7.35. The number of benzene rings is 2. The Bertz CT molecular complexity index is 744. The van der Waals surface area contributed by atoms with Gasteiger partial charge in [-0.3, -0.25) is 4.84 Å². The smallest absolute Gasteiger partial charge is 0.186 e. The SMILES string of the molecule is COC(CO)CON(c1ccc(I)cc1C)c1ccc(Br)c(F)c1F. The van der Waals surface area contributed by atoms with E-state index in [9.17, 15) is 13.9 Å². The highest BCUT2D eigenvalue weighted by Gasteiger charge is 2.22. The third-order valence-electron chi connectivity index (χ3n) is 3.54. The van der Waals surface area contributed by atoms with Crippen LogP contribution in [0.3, 0.4) is 0 Å². The molecule has 2 rings (SSSR count). The lowest BCUT2D eigenvalue weighted by Gasteiger charge is -2.27. The van der Waals surface area contributed by atoms with Crippen LogP contribution in [-0.4, -0.2) is 31.5 Å². The number of methoxy groups -OCH3 is 1. The zero-order valence-electron chi connectivity index (χ0n) is 13.6. The van der Waals surface area contributed by atoms with E-state index in [1.807, 2.05) is 19.1 Å². The lowest BCUT2D eigenvalue weighted by atomic mass is 10.2. The van der Waals surface area contributed by atoms with Crippen molar-refractivity contribution < 1.29 is 23.5 Å². The van der Waals surface area contributed by atoms with Crippen molar-refractivity contribution in [3.05, 3.63) is 55.6 Å². The first-order valence-corrected chi connectivity index (χ1v) is 9.22. The summed E-state index contributed by atoms with van der Waals surface area (Å²) in [5, 5.41) is 10.5. The summed E-state index contributed by atoms with van der Waals surface area (Å²) in [4.78, 5) is 5.68. The van der Waals surface area contributed by atoms with Gasteiger partial charge in [0.25, 0.3) is 0 Å². The van der Waals surface area contributed by atoms with E-state index in [4.69, 9.17) is 9.57 Å². The van der Waals surface area contributed by atoms with E-state index in [1.54, 1.807) is 6.07 Å². The number of rotatable bonds is 7. The van der Waals surface area contributed by atoms with Crippen molar-refractivity contribution >= 4 is 49.9 Å². The molecular formula is C17H17BrF2INO3. The van der Waals surface area contributed by atoms with Gasteiger partial charge in [0.05, 0.1) is 16.8 Å². The molecule has 4 nitrogen and oxygen atoms in total. The second-order valence-electron chi connectivity index (χ2n) is 5.26. The van der Waals surface area contributed by atoms with E-state index in [0.29, 0.717) is 5.69 Å². The fraction of sp³-hybridized carbons (Fsp3) is 0.294. The second-order valence-corrected chi connectivity index (χ2v) is 7.36. The van der Waals surface area contributed by atoms with Crippen molar-refractivity contribution in [3.8, 4) is 0 Å². The van der Waals surface area contributed by atoms with Crippen molar-refractivity contribution in [3.63, 3.8) is 0 Å². The maximum absolute atomic E-state index is 14.5. The number of anilines is 2. The number of ether oxygens (including phenoxy) is 1. The minimum absolute atomic E-state index is 0.0261. The molecule has 0 bridgehead atoms. The molecule has 0 aromatic heterocycles. The van der Waals surface area contributed by atoms with Gasteiger partial charge in [-0.1, -0.05) is 0 Å². The average molecular weight is 528 g/mol. The van der Waals surface area contributed by atoms with Crippen molar-refractivity contribution in [2.75, 3.05) is 25.4 Å². The zero-order chi connectivity index (χ0) is 18.6. The molecule has 0 fully saturated rings. The van der Waals surface area contributed by atoms with E-state index < -0.39 is 17.7 Å². The predicted octanol–water partition coefficient (Wildman–Crippen LogP) is 4.72. The molecule has 0 aliphatic carbocycles. The summed E-state index contributed by atoms with van der Waals surface area (Å²) in [5.74, 6) is -2.04. The van der Waals surface area contributed by atoms with E-state index >= 15 is 0 Å². The van der Waals surface area contributed by atoms with Crippen molar-refractivity contribution in [1.82, 2.24) is 0 Å². The predicted molar refractivity (Wildman–Crippen MR) is 104 cm³/mol. The highest BCUT2D eigenvalue weighted by molar-refractivity contribution is 14.1. The lowest BCUT2D eigenvalue weighted by Crippen LogP contribution is -2.29. The lowest BCUT2D eigenvalue weighted by molar-refractivity contribution is -0.0204. The van der Waals surface area contributed by atoms with Gasteiger partial charge in [-0.2, -0.15) is 0 Å². The molecule has 0 aliphatic heterocycles. The first-order chi connectivity index (χ1) is 11.9. The third-order valence-corrected chi connectivity index (χ3v) is 4.82. The molecule has 0 saturated carbocycles. The Morgan fingerprint density at radius 1 is 1.20 bits per heavy atom. The molecule has 0 spiro atoms. The van der Waals surface area contributed by atoms with Crippen LogP contribution in [0, 0.1) is 22.1 Å². The highest BCUT2D eigenvalue weighted by Crippen LogP contribution is 2.34. The molecular weight excluding hydrogens is 511 g/mol. The molecule has 2 aromatic rings. The molecule has 136 valence electrons. The number of aliphatic hydroxyl groups excluding tert-OH is 1. The molecule has 1 unspecified atom stereocenters. The molecule has 1 N–H and O–H groups in total. The van der Waals surface area contributed by atoms with Crippen molar-refractivity contribution in [1.29, 1.82) is 0 Å². The summed E-state index contributed by atoms with van der Waals surface area (Å²) in [6.07, 6.45) is -0.588. The quantitative estimate of drug-likeness (QED) is 0.321. The summed E-state index contributed by atoms with van der Waals surface area (Å²) in [6.45, 7) is 1.56. The summed E-state index contributed by atoms with van der Waals surface area (Å²) < 4.78 is 34.6. The van der Waals surface area contributed by atoms with Crippen LogP contribution >= 0.6 is 38.5 Å². The van der Waals surface area contributed by atoms with E-state index in [-0.39, 0.29) is 23.4 Å². The van der Waals surface area contributed by atoms with Gasteiger partial charge in [-0.15, -0.1) is 0 Å². The molecule has 8 heteroatoms. The highest BCUT2D eigenvalue weighted by atomic mass is 127. The molecule has 1 atom stereocenters. The standard InChI is InChI=1S/C17H17BrF2INO3/c1-10-7-11(21)3-5-14(10)22(25-9-12(8-23)24-2)15-6-4-13(18)16(19)17(15)20/h3-7,12,23H,8-9H2,1-2H3. The number of nitrogens with zero attached hydrogens (tertiary/aromatic N) is 1. The van der Waals surface area contributed by atoms with Crippen LogP contribution in [0.25, 0.3) is 0 Å². The maximum atomic E-state index is 14.5. The van der Waals surface area contributed by atoms with Gasteiger partial charge >= 0.3 is 0 Å². The maximum Gasteiger partial charge on any atom is 0.186 e. The minimum atomic E-state index is -1.04. The van der Waals surface area contributed by atoms with Crippen LogP contribution in [0.1, 0.15) is 5.56 Å². The third kappa shape index (κ3) is 4.88. The van der Waals surface area contributed by atoms with Crippen molar-refractivity contribution in [2.24, 2.45) is 0 Å². The summed E-state index contributed by atoms with van der Waals surface area (Å²) in [6, 6.07) is 8.33. The van der Waals surface area contributed by atoms with Gasteiger partial charge < -0.3 is 9.84 Å². The van der Waals surface area contributed by atoms with Gasteiger partial charge in [0, 0.05) is 10.7 Å². The first kappa shape index (κ1) is 20.5. The topological polar surface area (TPSA) is 41.9 Å².